The van der Waals surface area contributed by atoms with Crippen molar-refractivity contribution in [1.29, 1.82) is 0 Å². The molecule has 1 rings (SSSR count). The minimum Gasteiger partial charge on any atom is -0.365 e. The van der Waals surface area contributed by atoms with Gasteiger partial charge in [-0.1, -0.05) is 6.08 Å². The normalized spacial score (nSPS) is 10.4. The van der Waals surface area contributed by atoms with Crippen LogP contribution in [0.2, 0.25) is 0 Å². The summed E-state index contributed by atoms with van der Waals surface area (Å²) >= 11 is 0. The number of hydrogen-bond donors (Lipinski definition) is 1. The zero-order chi connectivity index (χ0) is 11.3. The molecule has 0 aromatic carbocycles. The molecular formula is C12H19N3. The predicted molar refractivity (Wildman–Crippen MR) is 64.8 cm³/mol. The smallest absolute Gasteiger partial charge is 0.0560 e. The van der Waals surface area contributed by atoms with Gasteiger partial charge in [0.1, 0.15) is 0 Å². The second-order valence-corrected chi connectivity index (χ2v) is 3.74. The van der Waals surface area contributed by atoms with E-state index in [9.17, 15) is 0 Å². The van der Waals surface area contributed by atoms with Crippen molar-refractivity contribution in [3.8, 4) is 0 Å². The summed E-state index contributed by atoms with van der Waals surface area (Å²) < 4.78 is 0. The number of rotatable bonds is 5. The van der Waals surface area contributed by atoms with E-state index in [1.54, 1.807) is 6.20 Å². The minimum atomic E-state index is 0.441. The van der Waals surface area contributed by atoms with Crippen LogP contribution < -0.4 is 10.6 Å². The number of nitrogens with two attached hydrogens (primary N) is 1. The van der Waals surface area contributed by atoms with Gasteiger partial charge in [0.2, 0.25) is 0 Å². The molecule has 0 spiro atoms. The molecule has 1 aromatic rings. The van der Waals surface area contributed by atoms with Gasteiger partial charge in [-0.3, -0.25) is 4.98 Å². The van der Waals surface area contributed by atoms with Crippen molar-refractivity contribution in [2.75, 3.05) is 11.4 Å². The summed E-state index contributed by atoms with van der Waals surface area (Å²) in [4.78, 5) is 6.44. The van der Waals surface area contributed by atoms with Crippen LogP contribution in [0.25, 0.3) is 0 Å². The fourth-order valence-corrected chi connectivity index (χ4v) is 1.51. The average Bonchev–Trinajstić information content (AvgIpc) is 2.25. The first-order chi connectivity index (χ1) is 7.19. The van der Waals surface area contributed by atoms with Crippen LogP contribution in [0.15, 0.2) is 31.0 Å². The van der Waals surface area contributed by atoms with Crippen LogP contribution in [0.1, 0.15) is 19.5 Å². The maximum Gasteiger partial charge on any atom is 0.0560 e. The molecule has 0 atom stereocenters. The van der Waals surface area contributed by atoms with Gasteiger partial charge in [-0.25, -0.2) is 0 Å². The summed E-state index contributed by atoms with van der Waals surface area (Å²) in [7, 11) is 0. The third kappa shape index (κ3) is 3.06. The van der Waals surface area contributed by atoms with Crippen molar-refractivity contribution in [3.63, 3.8) is 0 Å². The van der Waals surface area contributed by atoms with E-state index in [0.29, 0.717) is 12.6 Å². The fraction of sp³-hybridized carbons (Fsp3) is 0.417. The quantitative estimate of drug-likeness (QED) is 0.747. The molecule has 0 radical (unpaired) electrons. The molecule has 0 fully saturated rings. The zero-order valence-corrected chi connectivity index (χ0v) is 9.48. The second-order valence-electron chi connectivity index (χ2n) is 3.74. The molecule has 0 bridgehead atoms. The van der Waals surface area contributed by atoms with E-state index in [1.165, 1.54) is 0 Å². The summed E-state index contributed by atoms with van der Waals surface area (Å²) in [5, 5.41) is 0. The maximum absolute atomic E-state index is 5.57. The third-order valence-electron chi connectivity index (χ3n) is 2.29. The largest absolute Gasteiger partial charge is 0.365 e. The van der Waals surface area contributed by atoms with Crippen molar-refractivity contribution >= 4 is 5.69 Å². The van der Waals surface area contributed by atoms with Gasteiger partial charge >= 0.3 is 0 Å². The molecule has 0 unspecified atom stereocenters. The Morgan fingerprint density at radius 1 is 1.60 bits per heavy atom. The lowest BCUT2D eigenvalue weighted by atomic mass is 10.2. The Kier molecular flexibility index (Phi) is 4.31. The van der Waals surface area contributed by atoms with Crippen LogP contribution in [0.5, 0.6) is 0 Å². The van der Waals surface area contributed by atoms with E-state index >= 15 is 0 Å². The Bertz CT molecular complexity index is 320. The highest BCUT2D eigenvalue weighted by Gasteiger charge is 2.08. The SMILES string of the molecule is C=CCN(c1ccnc(CN)c1)C(C)C. The van der Waals surface area contributed by atoms with Crippen molar-refractivity contribution in [3.05, 3.63) is 36.7 Å². The van der Waals surface area contributed by atoms with Gasteiger partial charge in [-0.05, 0) is 26.0 Å². The lowest BCUT2D eigenvalue weighted by molar-refractivity contribution is 0.721. The molecule has 0 amide bonds. The highest BCUT2D eigenvalue weighted by molar-refractivity contribution is 5.47. The van der Waals surface area contributed by atoms with Crippen molar-refractivity contribution in [2.24, 2.45) is 5.73 Å². The highest BCUT2D eigenvalue weighted by Crippen LogP contribution is 2.17. The molecule has 2 N–H and O–H groups in total. The van der Waals surface area contributed by atoms with Gasteiger partial charge in [-0.2, -0.15) is 0 Å². The van der Waals surface area contributed by atoms with Crippen LogP contribution in [-0.4, -0.2) is 17.6 Å². The number of hydrogen-bond acceptors (Lipinski definition) is 3. The van der Waals surface area contributed by atoms with Gasteiger partial charge < -0.3 is 10.6 Å². The predicted octanol–water partition coefficient (Wildman–Crippen LogP) is 1.94. The van der Waals surface area contributed by atoms with Gasteiger partial charge in [0, 0.05) is 31.0 Å². The minimum absolute atomic E-state index is 0.441. The summed E-state index contributed by atoms with van der Waals surface area (Å²) in [6, 6.07) is 4.47. The van der Waals surface area contributed by atoms with E-state index in [2.05, 4.69) is 30.3 Å². The number of nitrogens with zero attached hydrogens (tertiary/aromatic N) is 2. The molecule has 82 valence electrons. The summed E-state index contributed by atoms with van der Waals surface area (Å²) in [6.07, 6.45) is 3.71. The average molecular weight is 205 g/mol. The molecule has 0 saturated carbocycles. The molecule has 3 heteroatoms. The third-order valence-corrected chi connectivity index (χ3v) is 2.29. The number of aromatic nitrogens is 1. The lowest BCUT2D eigenvalue weighted by Gasteiger charge is -2.27. The maximum atomic E-state index is 5.57. The van der Waals surface area contributed by atoms with Crippen LogP contribution in [0.3, 0.4) is 0 Å². The summed E-state index contributed by atoms with van der Waals surface area (Å²) in [5.74, 6) is 0. The molecule has 1 aromatic heterocycles. The van der Waals surface area contributed by atoms with E-state index in [0.717, 1.165) is 17.9 Å². The molecule has 1 heterocycles. The molecule has 15 heavy (non-hydrogen) atoms. The van der Waals surface area contributed by atoms with Gasteiger partial charge in [-0.15, -0.1) is 6.58 Å². The molecule has 0 aliphatic rings. The molecular weight excluding hydrogens is 186 g/mol. The van der Waals surface area contributed by atoms with Gasteiger partial charge in [0.15, 0.2) is 0 Å². The standard InChI is InChI=1S/C12H19N3/c1-4-7-15(10(2)3)12-5-6-14-11(8-12)9-13/h4-6,8,10H,1,7,9,13H2,2-3H3. The van der Waals surface area contributed by atoms with Crippen LogP contribution in [0.4, 0.5) is 5.69 Å². The Morgan fingerprint density at radius 2 is 2.33 bits per heavy atom. The Labute approximate surface area is 91.6 Å². The number of anilines is 1. The Hall–Kier alpha value is -1.35. The molecule has 0 aliphatic heterocycles. The van der Waals surface area contributed by atoms with E-state index in [4.69, 9.17) is 5.73 Å². The van der Waals surface area contributed by atoms with E-state index < -0.39 is 0 Å². The second kappa shape index (κ2) is 5.51. The first-order valence-corrected chi connectivity index (χ1v) is 5.21. The van der Waals surface area contributed by atoms with Crippen LogP contribution in [0, 0.1) is 0 Å². The molecule has 0 aliphatic carbocycles. The van der Waals surface area contributed by atoms with Crippen molar-refractivity contribution in [1.82, 2.24) is 4.98 Å². The summed E-state index contributed by atoms with van der Waals surface area (Å²) in [5.41, 5.74) is 7.64. The molecule has 0 saturated heterocycles. The number of pyridine rings is 1. The highest BCUT2D eigenvalue weighted by atomic mass is 15.1. The van der Waals surface area contributed by atoms with Gasteiger partial charge in [0.05, 0.1) is 5.69 Å². The Morgan fingerprint density at radius 3 is 2.87 bits per heavy atom. The Balaban J connectivity index is 2.94. The van der Waals surface area contributed by atoms with Crippen LogP contribution in [-0.2, 0) is 6.54 Å². The molecule has 3 nitrogen and oxygen atoms in total. The fourth-order valence-electron chi connectivity index (χ4n) is 1.51. The van der Waals surface area contributed by atoms with Crippen LogP contribution >= 0.6 is 0 Å². The van der Waals surface area contributed by atoms with Crippen molar-refractivity contribution < 1.29 is 0 Å². The lowest BCUT2D eigenvalue weighted by Crippen LogP contribution is -2.30. The van der Waals surface area contributed by atoms with E-state index in [1.807, 2.05) is 18.2 Å². The first kappa shape index (κ1) is 11.7. The van der Waals surface area contributed by atoms with Gasteiger partial charge in [0.25, 0.3) is 0 Å². The monoisotopic (exact) mass is 205 g/mol. The van der Waals surface area contributed by atoms with Crippen molar-refractivity contribution in [2.45, 2.75) is 26.4 Å². The summed E-state index contributed by atoms with van der Waals surface area (Å²) in [6.45, 7) is 9.41. The topological polar surface area (TPSA) is 42.2 Å². The first-order valence-electron chi connectivity index (χ1n) is 5.21. The zero-order valence-electron chi connectivity index (χ0n) is 9.48. The van der Waals surface area contributed by atoms with E-state index in [-0.39, 0.29) is 0 Å².